The summed E-state index contributed by atoms with van der Waals surface area (Å²) in [6, 6.07) is 2.01. The zero-order chi connectivity index (χ0) is 18.8. The molecule has 0 bridgehead atoms. The van der Waals surface area contributed by atoms with E-state index in [9.17, 15) is 14.7 Å². The number of thiocarbonyl (C=S) groups is 1. The predicted molar refractivity (Wildman–Crippen MR) is 105 cm³/mol. The van der Waals surface area contributed by atoms with Crippen molar-refractivity contribution in [1.82, 2.24) is 14.5 Å². The van der Waals surface area contributed by atoms with E-state index in [1.165, 1.54) is 16.7 Å². The molecule has 2 aromatic heterocycles. The summed E-state index contributed by atoms with van der Waals surface area (Å²) >= 11 is 8.06. The van der Waals surface area contributed by atoms with Gasteiger partial charge in [-0.2, -0.15) is 0 Å². The topological polar surface area (TPSA) is 78.3 Å². The van der Waals surface area contributed by atoms with Crippen LogP contribution >= 0.6 is 35.3 Å². The van der Waals surface area contributed by atoms with Crippen LogP contribution in [0.1, 0.15) is 29.8 Å². The molecular weight excluding hydrogens is 390 g/mol. The Kier molecular flexibility index (Phi) is 5.59. The van der Waals surface area contributed by atoms with Crippen LogP contribution in [0.25, 0.3) is 11.2 Å². The highest BCUT2D eigenvalue weighted by Crippen LogP contribution is 2.34. The molecule has 0 aliphatic carbocycles. The summed E-state index contributed by atoms with van der Waals surface area (Å²) in [5, 5.41) is 13.3. The number of hydrogen-bond acceptors (Lipinski definition) is 7. The standard InChI is InChI=1S/C17H17N3O3S3/c1-10-8-12(11(2)20(10)16-18-5-7-25-16)9-13-15(23)19(17(24)26-13)6-3-4-14(21)22/h5,7-9H,3-4,6H2,1-2H3,(H,21,22)/p-1/b13-9-. The number of thioether (sulfide) groups is 1. The van der Waals surface area contributed by atoms with Crippen molar-refractivity contribution in [3.8, 4) is 5.13 Å². The summed E-state index contributed by atoms with van der Waals surface area (Å²) in [7, 11) is 0. The van der Waals surface area contributed by atoms with Gasteiger partial charge < -0.3 is 9.90 Å². The fourth-order valence-electron chi connectivity index (χ4n) is 2.77. The molecule has 1 fully saturated rings. The van der Waals surface area contributed by atoms with Crippen LogP contribution in [-0.4, -0.2) is 37.2 Å². The molecule has 0 N–H and O–H groups in total. The third kappa shape index (κ3) is 3.74. The quantitative estimate of drug-likeness (QED) is 0.541. The zero-order valence-corrected chi connectivity index (χ0v) is 16.7. The van der Waals surface area contributed by atoms with Gasteiger partial charge in [0, 0.05) is 35.5 Å². The molecule has 136 valence electrons. The first-order valence-electron chi connectivity index (χ1n) is 7.92. The first-order valence-corrected chi connectivity index (χ1v) is 10.0. The molecule has 3 rings (SSSR count). The van der Waals surface area contributed by atoms with Gasteiger partial charge in [-0.05, 0) is 44.4 Å². The number of aryl methyl sites for hydroxylation is 1. The number of thiazole rings is 1. The van der Waals surface area contributed by atoms with Crippen molar-refractivity contribution in [3.63, 3.8) is 0 Å². The van der Waals surface area contributed by atoms with E-state index in [0.29, 0.717) is 15.6 Å². The summed E-state index contributed by atoms with van der Waals surface area (Å²) in [5.41, 5.74) is 2.97. The molecule has 0 atom stereocenters. The number of carboxylic acids is 1. The first-order chi connectivity index (χ1) is 12.4. The van der Waals surface area contributed by atoms with Crippen LogP contribution in [0.3, 0.4) is 0 Å². The zero-order valence-electron chi connectivity index (χ0n) is 14.2. The minimum Gasteiger partial charge on any atom is -0.550 e. The Hall–Kier alpha value is -1.97. The van der Waals surface area contributed by atoms with Gasteiger partial charge in [0.25, 0.3) is 5.91 Å². The Morgan fingerprint density at radius 3 is 2.85 bits per heavy atom. The Balaban J connectivity index is 1.83. The van der Waals surface area contributed by atoms with E-state index < -0.39 is 5.97 Å². The molecule has 1 amide bonds. The molecule has 3 heterocycles. The van der Waals surface area contributed by atoms with Crippen LogP contribution in [0.5, 0.6) is 0 Å². The smallest absolute Gasteiger partial charge is 0.266 e. The van der Waals surface area contributed by atoms with Gasteiger partial charge in [-0.1, -0.05) is 24.0 Å². The van der Waals surface area contributed by atoms with Crippen molar-refractivity contribution in [2.75, 3.05) is 6.54 Å². The maximum atomic E-state index is 12.6. The van der Waals surface area contributed by atoms with Crippen LogP contribution in [0.2, 0.25) is 0 Å². The van der Waals surface area contributed by atoms with E-state index in [-0.39, 0.29) is 18.9 Å². The van der Waals surface area contributed by atoms with E-state index in [1.807, 2.05) is 31.4 Å². The monoisotopic (exact) mass is 406 g/mol. The average molecular weight is 407 g/mol. The molecule has 6 nitrogen and oxygen atoms in total. The number of hydrogen-bond donors (Lipinski definition) is 0. The minimum absolute atomic E-state index is 0.0922. The molecule has 9 heteroatoms. The second-order valence-electron chi connectivity index (χ2n) is 5.79. The summed E-state index contributed by atoms with van der Waals surface area (Å²) < 4.78 is 2.50. The second-order valence-corrected chi connectivity index (χ2v) is 8.33. The summed E-state index contributed by atoms with van der Waals surface area (Å²) in [5.74, 6) is -1.31. The van der Waals surface area contributed by atoms with Crippen molar-refractivity contribution in [2.24, 2.45) is 0 Å². The second kappa shape index (κ2) is 7.73. The molecule has 1 aliphatic heterocycles. The van der Waals surface area contributed by atoms with Crippen LogP contribution in [0.15, 0.2) is 22.5 Å². The molecule has 1 saturated heterocycles. The van der Waals surface area contributed by atoms with E-state index in [0.717, 1.165) is 22.1 Å². The predicted octanol–water partition coefficient (Wildman–Crippen LogP) is 2.28. The number of carbonyl (C=O) groups excluding carboxylic acids is 2. The van der Waals surface area contributed by atoms with E-state index in [2.05, 4.69) is 9.55 Å². The van der Waals surface area contributed by atoms with Gasteiger partial charge >= 0.3 is 0 Å². The SMILES string of the molecule is Cc1cc(/C=C2\SC(=S)N(CCCC(=O)[O-])C2=O)c(C)n1-c1nccs1. The normalized spacial score (nSPS) is 16.1. The number of aromatic nitrogens is 2. The fourth-order valence-corrected chi connectivity index (χ4v) is 4.82. The largest absolute Gasteiger partial charge is 0.550 e. The number of nitrogens with zero attached hydrogens (tertiary/aromatic N) is 3. The van der Waals surface area contributed by atoms with Crippen molar-refractivity contribution in [1.29, 1.82) is 0 Å². The summed E-state index contributed by atoms with van der Waals surface area (Å²) in [6.45, 7) is 4.27. The minimum atomic E-state index is -1.12. The van der Waals surface area contributed by atoms with E-state index in [1.54, 1.807) is 17.5 Å². The van der Waals surface area contributed by atoms with Gasteiger partial charge in [0.2, 0.25) is 0 Å². The lowest BCUT2D eigenvalue weighted by Gasteiger charge is -2.14. The molecule has 0 unspecified atom stereocenters. The van der Waals surface area contributed by atoms with Crippen molar-refractivity contribution >= 4 is 57.6 Å². The molecule has 0 saturated carbocycles. The molecule has 0 spiro atoms. The Morgan fingerprint density at radius 2 is 2.19 bits per heavy atom. The lowest BCUT2D eigenvalue weighted by atomic mass is 10.2. The van der Waals surface area contributed by atoms with Gasteiger partial charge in [0.05, 0.1) is 4.91 Å². The number of carbonyl (C=O) groups is 2. The first kappa shape index (κ1) is 18.8. The van der Waals surface area contributed by atoms with Gasteiger partial charge in [0.15, 0.2) is 5.13 Å². The number of carboxylic acid groups (broad SMARTS) is 1. The van der Waals surface area contributed by atoms with Gasteiger partial charge in [-0.15, -0.1) is 11.3 Å². The maximum absolute atomic E-state index is 12.6. The molecule has 1 aliphatic rings. The van der Waals surface area contributed by atoms with Crippen LogP contribution in [0, 0.1) is 13.8 Å². The Labute approximate surface area is 164 Å². The van der Waals surface area contributed by atoms with E-state index in [4.69, 9.17) is 12.2 Å². The Morgan fingerprint density at radius 1 is 1.42 bits per heavy atom. The average Bonchev–Trinajstić information content (AvgIpc) is 3.24. The highest BCUT2D eigenvalue weighted by atomic mass is 32.2. The van der Waals surface area contributed by atoms with Gasteiger partial charge in [-0.25, -0.2) is 4.98 Å². The Bertz CT molecular complexity index is 900. The number of aliphatic carboxylic acids is 1. The maximum Gasteiger partial charge on any atom is 0.266 e. The molecule has 2 aromatic rings. The van der Waals surface area contributed by atoms with Crippen LogP contribution in [0.4, 0.5) is 0 Å². The van der Waals surface area contributed by atoms with Crippen molar-refractivity contribution in [2.45, 2.75) is 26.7 Å². The molecule has 26 heavy (non-hydrogen) atoms. The van der Waals surface area contributed by atoms with Gasteiger partial charge in [0.1, 0.15) is 4.32 Å². The fraction of sp³-hybridized carbons (Fsp3) is 0.294. The van der Waals surface area contributed by atoms with E-state index >= 15 is 0 Å². The number of amides is 1. The number of rotatable bonds is 6. The third-order valence-electron chi connectivity index (χ3n) is 4.00. The highest BCUT2D eigenvalue weighted by molar-refractivity contribution is 8.26. The third-order valence-corrected chi connectivity index (χ3v) is 6.14. The summed E-state index contributed by atoms with van der Waals surface area (Å²) in [4.78, 5) is 29.5. The molecule has 0 aromatic carbocycles. The van der Waals surface area contributed by atoms with Crippen LogP contribution in [-0.2, 0) is 9.59 Å². The van der Waals surface area contributed by atoms with Crippen LogP contribution < -0.4 is 5.11 Å². The lowest BCUT2D eigenvalue weighted by molar-refractivity contribution is -0.305. The van der Waals surface area contributed by atoms with Crippen molar-refractivity contribution in [3.05, 3.63) is 39.5 Å². The molecule has 0 radical (unpaired) electrons. The summed E-state index contributed by atoms with van der Waals surface area (Å²) in [6.07, 6.45) is 3.83. The highest BCUT2D eigenvalue weighted by Gasteiger charge is 2.31. The molecular formula is C17H16N3O3S3-. The van der Waals surface area contributed by atoms with Crippen molar-refractivity contribution < 1.29 is 14.7 Å². The lowest BCUT2D eigenvalue weighted by Crippen LogP contribution is -2.30. The van der Waals surface area contributed by atoms with Gasteiger partial charge in [-0.3, -0.25) is 14.3 Å².